The predicted octanol–water partition coefficient (Wildman–Crippen LogP) is 5.34. The quantitative estimate of drug-likeness (QED) is 0.510. The number of carbonyl (C=O) groups is 1. The summed E-state index contributed by atoms with van der Waals surface area (Å²) in [4.78, 5) is 13.4. The van der Waals surface area contributed by atoms with Crippen LogP contribution in [0.3, 0.4) is 0 Å². The molecule has 3 rings (SSSR count). The zero-order valence-corrected chi connectivity index (χ0v) is 19.4. The van der Waals surface area contributed by atoms with Crippen LogP contribution in [0.25, 0.3) is 10.1 Å². The number of thiophene rings is 1. The molecule has 0 spiro atoms. The van der Waals surface area contributed by atoms with Crippen molar-refractivity contribution >= 4 is 43.0 Å². The first-order valence-electron chi connectivity index (χ1n) is 10.2. The lowest BCUT2D eigenvalue weighted by atomic mass is 10.2. The highest BCUT2D eigenvalue weighted by atomic mass is 32.2. The molecule has 1 amide bonds. The predicted molar refractivity (Wildman–Crippen MR) is 125 cm³/mol. The van der Waals surface area contributed by atoms with Crippen molar-refractivity contribution in [2.45, 2.75) is 51.5 Å². The Kier molecular flexibility index (Phi) is 6.83. The van der Waals surface area contributed by atoms with Gasteiger partial charge in [0.1, 0.15) is 0 Å². The number of aryl methyl sites for hydroxylation is 1. The minimum Gasteiger partial charge on any atom is -0.349 e. The van der Waals surface area contributed by atoms with Gasteiger partial charge in [0.25, 0.3) is 15.9 Å². The van der Waals surface area contributed by atoms with Crippen molar-refractivity contribution in [3.8, 4) is 0 Å². The fourth-order valence-corrected chi connectivity index (χ4v) is 5.84. The molecule has 0 unspecified atom stereocenters. The number of hydrogen-bond donors (Lipinski definition) is 1. The van der Waals surface area contributed by atoms with Crippen molar-refractivity contribution in [2.75, 3.05) is 10.8 Å². The molecule has 2 aromatic carbocycles. The van der Waals surface area contributed by atoms with Gasteiger partial charge in [0.15, 0.2) is 0 Å². The number of anilines is 1. The Morgan fingerprint density at radius 2 is 1.80 bits per heavy atom. The Bertz CT molecular complexity index is 1130. The Hall–Kier alpha value is -2.38. The van der Waals surface area contributed by atoms with E-state index in [1.807, 2.05) is 39.0 Å². The summed E-state index contributed by atoms with van der Waals surface area (Å²) in [6.07, 6.45) is 1.95. The van der Waals surface area contributed by atoms with Gasteiger partial charge < -0.3 is 5.32 Å². The fourth-order valence-electron chi connectivity index (χ4n) is 3.43. The molecule has 7 heteroatoms. The number of nitrogens with one attached hydrogen (secondary N) is 1. The number of sulfonamides is 1. The van der Waals surface area contributed by atoms with E-state index in [0.29, 0.717) is 17.1 Å². The maximum Gasteiger partial charge on any atom is 0.264 e. The molecule has 1 N–H and O–H groups in total. The van der Waals surface area contributed by atoms with E-state index in [0.717, 1.165) is 28.5 Å². The molecule has 160 valence electrons. The second-order valence-electron chi connectivity index (χ2n) is 7.48. The number of benzene rings is 2. The molecule has 0 bridgehead atoms. The molecule has 0 saturated heterocycles. The number of rotatable bonds is 8. The summed E-state index contributed by atoms with van der Waals surface area (Å²) >= 11 is 1.42. The number of nitrogens with zero attached hydrogens (tertiary/aromatic N) is 1. The molecular weight excluding hydrogens is 416 g/mol. The molecule has 0 fully saturated rings. The lowest BCUT2D eigenvalue weighted by Crippen LogP contribution is -2.31. The SMILES string of the molecule is CCC[C@H](C)NC(=O)c1cc2cc(N(CC)S(=O)(=O)c3ccc(C)cc3)ccc2s1. The molecule has 3 aromatic rings. The summed E-state index contributed by atoms with van der Waals surface area (Å²) in [5, 5.41) is 3.89. The summed E-state index contributed by atoms with van der Waals surface area (Å²) in [5.74, 6) is -0.0849. The van der Waals surface area contributed by atoms with Crippen LogP contribution in [0.1, 0.15) is 48.8 Å². The summed E-state index contributed by atoms with van der Waals surface area (Å²) in [6.45, 7) is 8.15. The molecule has 1 atom stereocenters. The zero-order valence-electron chi connectivity index (χ0n) is 17.8. The third-order valence-electron chi connectivity index (χ3n) is 5.01. The third kappa shape index (κ3) is 4.68. The van der Waals surface area contributed by atoms with Gasteiger partial charge in [0.05, 0.1) is 15.5 Å². The number of hydrogen-bond acceptors (Lipinski definition) is 4. The Morgan fingerprint density at radius 1 is 1.10 bits per heavy atom. The smallest absolute Gasteiger partial charge is 0.264 e. The lowest BCUT2D eigenvalue weighted by molar-refractivity contribution is 0.0942. The van der Waals surface area contributed by atoms with E-state index in [1.165, 1.54) is 15.6 Å². The van der Waals surface area contributed by atoms with E-state index in [-0.39, 0.29) is 16.8 Å². The normalized spacial score (nSPS) is 12.7. The van der Waals surface area contributed by atoms with E-state index in [4.69, 9.17) is 0 Å². The topological polar surface area (TPSA) is 66.5 Å². The summed E-state index contributed by atoms with van der Waals surface area (Å²) in [7, 11) is -3.66. The van der Waals surface area contributed by atoms with E-state index in [9.17, 15) is 13.2 Å². The van der Waals surface area contributed by atoms with Crippen molar-refractivity contribution in [2.24, 2.45) is 0 Å². The largest absolute Gasteiger partial charge is 0.349 e. The van der Waals surface area contributed by atoms with Gasteiger partial charge in [0, 0.05) is 17.3 Å². The van der Waals surface area contributed by atoms with E-state index in [1.54, 1.807) is 30.3 Å². The van der Waals surface area contributed by atoms with Crippen LogP contribution >= 0.6 is 11.3 Å². The van der Waals surface area contributed by atoms with Gasteiger partial charge in [-0.3, -0.25) is 9.10 Å². The summed E-state index contributed by atoms with van der Waals surface area (Å²) < 4.78 is 28.7. The minimum absolute atomic E-state index is 0.0849. The second-order valence-corrected chi connectivity index (χ2v) is 10.4. The van der Waals surface area contributed by atoms with Crippen LogP contribution in [0, 0.1) is 6.92 Å². The monoisotopic (exact) mass is 444 g/mol. The first-order chi connectivity index (χ1) is 14.3. The Morgan fingerprint density at radius 3 is 2.43 bits per heavy atom. The summed E-state index contributed by atoms with van der Waals surface area (Å²) in [5.41, 5.74) is 1.60. The second kappa shape index (κ2) is 9.18. The first kappa shape index (κ1) is 22.3. The summed E-state index contributed by atoms with van der Waals surface area (Å²) in [6, 6.07) is 14.4. The molecule has 0 radical (unpaired) electrons. The molecule has 1 heterocycles. The van der Waals surface area contributed by atoms with Crippen molar-refractivity contribution in [1.29, 1.82) is 0 Å². The highest BCUT2D eigenvalue weighted by Gasteiger charge is 2.24. The van der Waals surface area contributed by atoms with Crippen LogP contribution in [-0.4, -0.2) is 26.9 Å². The van der Waals surface area contributed by atoms with Crippen molar-refractivity contribution in [3.05, 3.63) is 59.0 Å². The highest BCUT2D eigenvalue weighted by molar-refractivity contribution is 7.92. The van der Waals surface area contributed by atoms with E-state index < -0.39 is 10.0 Å². The van der Waals surface area contributed by atoms with Crippen LogP contribution in [0.15, 0.2) is 53.4 Å². The Balaban J connectivity index is 1.91. The molecular formula is C23H28N2O3S2. The Labute approximate surface area is 182 Å². The van der Waals surface area contributed by atoms with Gasteiger partial charge in [-0.2, -0.15) is 0 Å². The number of fused-ring (bicyclic) bond motifs is 1. The van der Waals surface area contributed by atoms with Gasteiger partial charge in [-0.05, 0) is 69.0 Å². The van der Waals surface area contributed by atoms with Gasteiger partial charge in [0.2, 0.25) is 0 Å². The van der Waals surface area contributed by atoms with Gasteiger partial charge >= 0.3 is 0 Å². The van der Waals surface area contributed by atoms with Crippen LogP contribution < -0.4 is 9.62 Å². The average molecular weight is 445 g/mol. The number of carbonyl (C=O) groups excluding carboxylic acids is 1. The molecule has 30 heavy (non-hydrogen) atoms. The standard InChI is InChI=1S/C23H28N2O3S2/c1-5-7-17(4)24-23(26)22-15-18-14-19(10-13-21(18)29-22)25(6-2)30(27,28)20-11-8-16(3)9-12-20/h8-15,17H,5-7H2,1-4H3,(H,24,26)/t17-/m0/s1. The van der Waals surface area contributed by atoms with Crippen molar-refractivity contribution < 1.29 is 13.2 Å². The van der Waals surface area contributed by atoms with E-state index >= 15 is 0 Å². The molecule has 0 saturated carbocycles. The molecule has 0 aliphatic carbocycles. The molecule has 1 aromatic heterocycles. The molecule has 0 aliphatic heterocycles. The number of amides is 1. The minimum atomic E-state index is -3.66. The van der Waals surface area contributed by atoms with Crippen molar-refractivity contribution in [1.82, 2.24) is 5.32 Å². The van der Waals surface area contributed by atoms with E-state index in [2.05, 4.69) is 12.2 Å². The maximum absolute atomic E-state index is 13.2. The first-order valence-corrected chi connectivity index (χ1v) is 12.5. The van der Waals surface area contributed by atoms with Gasteiger partial charge in [-0.1, -0.05) is 31.0 Å². The van der Waals surface area contributed by atoms with Crippen LogP contribution in [-0.2, 0) is 10.0 Å². The zero-order chi connectivity index (χ0) is 21.9. The lowest BCUT2D eigenvalue weighted by Gasteiger charge is -2.23. The maximum atomic E-state index is 13.2. The van der Waals surface area contributed by atoms with Gasteiger partial charge in [-0.25, -0.2) is 8.42 Å². The van der Waals surface area contributed by atoms with Crippen molar-refractivity contribution in [3.63, 3.8) is 0 Å². The molecule has 5 nitrogen and oxygen atoms in total. The fraction of sp³-hybridized carbons (Fsp3) is 0.348. The van der Waals surface area contributed by atoms with Gasteiger partial charge in [-0.15, -0.1) is 11.3 Å². The highest BCUT2D eigenvalue weighted by Crippen LogP contribution is 2.32. The average Bonchev–Trinajstić information content (AvgIpc) is 3.12. The van der Waals surface area contributed by atoms with Crippen LogP contribution in [0.4, 0.5) is 5.69 Å². The molecule has 0 aliphatic rings. The third-order valence-corrected chi connectivity index (χ3v) is 8.04. The van der Waals surface area contributed by atoms with Crippen LogP contribution in [0.5, 0.6) is 0 Å². The van der Waals surface area contributed by atoms with Crippen LogP contribution in [0.2, 0.25) is 0 Å².